The fourth-order valence-corrected chi connectivity index (χ4v) is 3.57. The normalized spacial score (nSPS) is 20.8. The Kier molecular flexibility index (Phi) is 4.24. The maximum Gasteiger partial charge on any atom is 0.226 e. The first-order valence-corrected chi connectivity index (χ1v) is 8.65. The molecule has 0 unspecified atom stereocenters. The second-order valence-corrected chi connectivity index (χ2v) is 6.74. The van der Waals surface area contributed by atoms with Crippen LogP contribution in [0.3, 0.4) is 0 Å². The van der Waals surface area contributed by atoms with Crippen molar-refractivity contribution < 1.29 is 9.90 Å². The van der Waals surface area contributed by atoms with Gasteiger partial charge in [-0.2, -0.15) is 5.10 Å². The maximum absolute atomic E-state index is 12.6. The van der Waals surface area contributed by atoms with E-state index >= 15 is 0 Å². The molecule has 1 saturated carbocycles. The minimum absolute atomic E-state index is 0.0374. The molecule has 0 radical (unpaired) electrons. The van der Waals surface area contributed by atoms with Crippen LogP contribution in [0.15, 0.2) is 54.6 Å². The molecule has 0 saturated heterocycles. The quantitative estimate of drug-likeness (QED) is 0.671. The highest BCUT2D eigenvalue weighted by atomic mass is 16.3. The maximum atomic E-state index is 12.6. The minimum Gasteiger partial charge on any atom is -0.393 e. The van der Waals surface area contributed by atoms with Gasteiger partial charge in [0.05, 0.1) is 29.8 Å². The zero-order chi connectivity index (χ0) is 17.2. The van der Waals surface area contributed by atoms with Crippen LogP contribution >= 0.6 is 0 Å². The Morgan fingerprint density at radius 3 is 2.64 bits per heavy atom. The summed E-state index contributed by atoms with van der Waals surface area (Å²) in [6.45, 7) is 0. The number of fused-ring (bicyclic) bond motifs is 1. The molecule has 1 atom stereocenters. The first-order valence-electron chi connectivity index (χ1n) is 8.65. The fraction of sp³-hybridized carbons (Fsp3) is 0.300. The molecule has 1 fully saturated rings. The van der Waals surface area contributed by atoms with Gasteiger partial charge in [-0.15, -0.1) is 0 Å². The summed E-state index contributed by atoms with van der Waals surface area (Å²) in [6.07, 6.45) is 1.48. The summed E-state index contributed by atoms with van der Waals surface area (Å²) < 4.78 is 0. The molecular weight excluding hydrogens is 314 g/mol. The summed E-state index contributed by atoms with van der Waals surface area (Å²) in [5.74, 6) is 0.240. The second kappa shape index (κ2) is 6.69. The third kappa shape index (κ3) is 3.28. The largest absolute Gasteiger partial charge is 0.393 e. The smallest absolute Gasteiger partial charge is 0.226 e. The fourth-order valence-electron chi connectivity index (χ4n) is 3.57. The number of hydrogen-bond donors (Lipinski definition) is 3. The zero-order valence-corrected chi connectivity index (χ0v) is 13.9. The summed E-state index contributed by atoms with van der Waals surface area (Å²) in [5.41, 5.74) is 2.78. The van der Waals surface area contributed by atoms with Crippen molar-refractivity contribution >= 4 is 16.8 Å². The number of benzene rings is 2. The standard InChI is InChI=1S/C20H21N3O2/c24-15-10-14(11-15)20(13-6-2-1-3-7-13)21-19(25)12-18-16-8-4-5-9-17(16)22-23-18/h1-9,14-15,20,24H,10-12H2,(H,21,25)(H,22,23)/t14?,15?,20-/m0/s1. The molecule has 1 aliphatic rings. The van der Waals surface area contributed by atoms with Crippen molar-refractivity contribution in [3.05, 3.63) is 65.9 Å². The third-order valence-corrected chi connectivity index (χ3v) is 4.97. The second-order valence-electron chi connectivity index (χ2n) is 6.74. The van der Waals surface area contributed by atoms with E-state index in [2.05, 4.69) is 15.5 Å². The lowest BCUT2D eigenvalue weighted by atomic mass is 9.75. The predicted molar refractivity (Wildman–Crippen MR) is 95.9 cm³/mol. The van der Waals surface area contributed by atoms with Gasteiger partial charge >= 0.3 is 0 Å². The summed E-state index contributed by atoms with van der Waals surface area (Å²) >= 11 is 0. The van der Waals surface area contributed by atoms with Crippen LogP contribution in [-0.4, -0.2) is 27.3 Å². The Morgan fingerprint density at radius 1 is 1.16 bits per heavy atom. The van der Waals surface area contributed by atoms with E-state index in [4.69, 9.17) is 0 Å². The summed E-state index contributed by atoms with van der Waals surface area (Å²) in [4.78, 5) is 12.6. The number of aromatic amines is 1. The van der Waals surface area contributed by atoms with Crippen molar-refractivity contribution in [3.8, 4) is 0 Å². The molecule has 1 aromatic heterocycles. The first-order chi connectivity index (χ1) is 12.2. The van der Waals surface area contributed by atoms with Gasteiger partial charge in [0.1, 0.15) is 0 Å². The van der Waals surface area contributed by atoms with Crippen LogP contribution in [0.4, 0.5) is 0 Å². The van der Waals surface area contributed by atoms with Gasteiger partial charge in [0.25, 0.3) is 0 Å². The third-order valence-electron chi connectivity index (χ3n) is 4.97. The number of carbonyl (C=O) groups excluding carboxylic acids is 1. The van der Waals surface area contributed by atoms with E-state index < -0.39 is 0 Å². The zero-order valence-electron chi connectivity index (χ0n) is 13.9. The van der Waals surface area contributed by atoms with E-state index in [0.29, 0.717) is 0 Å². The van der Waals surface area contributed by atoms with Gasteiger partial charge in [-0.05, 0) is 30.4 Å². The lowest BCUT2D eigenvalue weighted by molar-refractivity contribution is -0.122. The topological polar surface area (TPSA) is 78.0 Å². The molecule has 128 valence electrons. The van der Waals surface area contributed by atoms with Crippen molar-refractivity contribution in [1.29, 1.82) is 0 Å². The number of H-pyrrole nitrogens is 1. The van der Waals surface area contributed by atoms with Crippen LogP contribution in [0, 0.1) is 5.92 Å². The van der Waals surface area contributed by atoms with Crippen LogP contribution in [0.25, 0.3) is 10.9 Å². The van der Waals surface area contributed by atoms with Gasteiger partial charge in [-0.25, -0.2) is 0 Å². The highest BCUT2D eigenvalue weighted by Crippen LogP contribution is 2.38. The van der Waals surface area contributed by atoms with Gasteiger partial charge in [-0.1, -0.05) is 48.5 Å². The molecular formula is C20H21N3O2. The number of hydrogen-bond acceptors (Lipinski definition) is 3. The highest BCUT2D eigenvalue weighted by Gasteiger charge is 2.35. The van der Waals surface area contributed by atoms with Crippen LogP contribution in [-0.2, 0) is 11.2 Å². The Morgan fingerprint density at radius 2 is 1.88 bits per heavy atom. The molecule has 1 aliphatic carbocycles. The number of aliphatic hydroxyl groups excluding tert-OH is 1. The van der Waals surface area contributed by atoms with Crippen molar-refractivity contribution in [2.45, 2.75) is 31.4 Å². The number of para-hydroxylation sites is 1. The van der Waals surface area contributed by atoms with Gasteiger partial charge < -0.3 is 10.4 Å². The van der Waals surface area contributed by atoms with E-state index in [1.165, 1.54) is 0 Å². The monoisotopic (exact) mass is 335 g/mol. The van der Waals surface area contributed by atoms with Crippen molar-refractivity contribution in [2.75, 3.05) is 0 Å². The summed E-state index contributed by atoms with van der Waals surface area (Å²) in [7, 11) is 0. The molecule has 4 rings (SSSR count). The van der Waals surface area contributed by atoms with E-state index in [1.807, 2.05) is 54.6 Å². The van der Waals surface area contributed by atoms with Crippen molar-refractivity contribution in [3.63, 3.8) is 0 Å². The van der Waals surface area contributed by atoms with E-state index in [-0.39, 0.29) is 30.4 Å². The van der Waals surface area contributed by atoms with E-state index in [0.717, 1.165) is 35.0 Å². The average Bonchev–Trinajstić information content (AvgIpc) is 3.01. The molecule has 0 bridgehead atoms. The van der Waals surface area contributed by atoms with Crippen LogP contribution < -0.4 is 5.32 Å². The van der Waals surface area contributed by atoms with Gasteiger partial charge in [0.15, 0.2) is 0 Å². The van der Waals surface area contributed by atoms with Gasteiger partial charge in [-0.3, -0.25) is 9.89 Å². The molecule has 0 aliphatic heterocycles. The van der Waals surface area contributed by atoms with Crippen LogP contribution in [0.1, 0.15) is 30.1 Å². The summed E-state index contributed by atoms with van der Waals surface area (Å²) in [6, 6.07) is 17.7. The number of nitrogens with zero attached hydrogens (tertiary/aromatic N) is 1. The number of aliphatic hydroxyl groups is 1. The Labute approximate surface area is 146 Å². The predicted octanol–water partition coefficient (Wildman–Crippen LogP) is 2.73. The minimum atomic E-state index is -0.246. The molecule has 1 heterocycles. The number of aromatic nitrogens is 2. The van der Waals surface area contributed by atoms with Crippen LogP contribution in [0.5, 0.6) is 0 Å². The molecule has 25 heavy (non-hydrogen) atoms. The van der Waals surface area contributed by atoms with Crippen molar-refractivity contribution in [1.82, 2.24) is 15.5 Å². The Bertz CT molecular complexity index is 869. The average molecular weight is 335 g/mol. The van der Waals surface area contributed by atoms with Gasteiger partial charge in [0.2, 0.25) is 5.91 Å². The Balaban J connectivity index is 1.50. The molecule has 1 amide bonds. The molecule has 3 N–H and O–H groups in total. The number of carbonyl (C=O) groups is 1. The first kappa shape index (κ1) is 15.8. The number of nitrogens with one attached hydrogen (secondary N) is 2. The van der Waals surface area contributed by atoms with E-state index in [9.17, 15) is 9.90 Å². The Hall–Kier alpha value is -2.66. The number of amides is 1. The molecule has 5 heteroatoms. The lowest BCUT2D eigenvalue weighted by Gasteiger charge is -2.38. The van der Waals surface area contributed by atoms with Gasteiger partial charge in [0, 0.05) is 5.39 Å². The van der Waals surface area contributed by atoms with Crippen molar-refractivity contribution in [2.24, 2.45) is 5.92 Å². The molecule has 2 aromatic carbocycles. The molecule has 5 nitrogen and oxygen atoms in total. The molecule has 0 spiro atoms. The molecule has 3 aromatic rings. The van der Waals surface area contributed by atoms with E-state index in [1.54, 1.807) is 0 Å². The highest BCUT2D eigenvalue weighted by molar-refractivity contribution is 5.87. The summed E-state index contributed by atoms with van der Waals surface area (Å²) in [5, 5.41) is 21.0. The SMILES string of the molecule is O=C(Cc1[nH]nc2ccccc12)N[C@@H](c1ccccc1)C1CC(O)C1. The number of rotatable bonds is 5. The lowest BCUT2D eigenvalue weighted by Crippen LogP contribution is -2.41. The van der Waals surface area contributed by atoms with Crippen LogP contribution in [0.2, 0.25) is 0 Å².